The van der Waals surface area contributed by atoms with Gasteiger partial charge < -0.3 is 9.47 Å². The molecular formula is C24H32ClNO2S2. The Kier molecular flexibility index (Phi) is 8.70. The molecule has 3 nitrogen and oxygen atoms in total. The van der Waals surface area contributed by atoms with E-state index in [1.54, 1.807) is 14.2 Å². The molecule has 0 radical (unpaired) electrons. The number of halogens is 1. The third kappa shape index (κ3) is 6.03. The molecule has 1 saturated heterocycles. The van der Waals surface area contributed by atoms with Crippen molar-refractivity contribution in [2.45, 2.75) is 36.8 Å². The van der Waals surface area contributed by atoms with E-state index in [2.05, 4.69) is 66.5 Å². The summed E-state index contributed by atoms with van der Waals surface area (Å²) >= 11 is 10.3. The third-order valence-electron chi connectivity index (χ3n) is 5.65. The Balaban J connectivity index is 1.75. The number of ether oxygens (including phenoxy) is 2. The summed E-state index contributed by atoms with van der Waals surface area (Å²) in [6.07, 6.45) is 2.27. The van der Waals surface area contributed by atoms with E-state index in [4.69, 9.17) is 21.1 Å². The van der Waals surface area contributed by atoms with Crippen LogP contribution in [0.2, 0.25) is 5.02 Å². The van der Waals surface area contributed by atoms with Crippen LogP contribution >= 0.6 is 35.1 Å². The second-order valence-electron chi connectivity index (χ2n) is 7.79. The molecule has 0 saturated carbocycles. The van der Waals surface area contributed by atoms with Crippen LogP contribution in [-0.4, -0.2) is 47.9 Å². The fraction of sp³-hybridized carbons (Fsp3) is 0.500. The van der Waals surface area contributed by atoms with Crippen LogP contribution < -0.4 is 9.47 Å². The minimum absolute atomic E-state index is 0.107. The van der Waals surface area contributed by atoms with Gasteiger partial charge in [0.25, 0.3) is 0 Å². The quantitative estimate of drug-likeness (QED) is 0.417. The van der Waals surface area contributed by atoms with Gasteiger partial charge in [-0.1, -0.05) is 36.7 Å². The third-order valence-corrected chi connectivity index (χ3v) is 9.19. The van der Waals surface area contributed by atoms with E-state index in [1.807, 2.05) is 18.2 Å². The van der Waals surface area contributed by atoms with E-state index in [0.29, 0.717) is 5.92 Å². The Morgan fingerprint density at radius 1 is 1.03 bits per heavy atom. The van der Waals surface area contributed by atoms with Crippen LogP contribution in [0.4, 0.5) is 0 Å². The summed E-state index contributed by atoms with van der Waals surface area (Å²) in [5.74, 6) is 4.47. The number of nitrogens with zero attached hydrogens (tertiary/aromatic N) is 1. The van der Waals surface area contributed by atoms with Gasteiger partial charge in [-0.05, 0) is 72.6 Å². The van der Waals surface area contributed by atoms with Crippen LogP contribution in [-0.2, 0) is 6.42 Å². The molecule has 2 aromatic rings. The van der Waals surface area contributed by atoms with Crippen LogP contribution in [0.25, 0.3) is 0 Å². The topological polar surface area (TPSA) is 21.7 Å². The molecular weight excluding hydrogens is 434 g/mol. The molecule has 0 aliphatic carbocycles. The van der Waals surface area contributed by atoms with Crippen molar-refractivity contribution in [1.82, 2.24) is 4.90 Å². The number of hydrogen-bond acceptors (Lipinski definition) is 5. The Hall–Kier alpha value is -1.01. The first-order chi connectivity index (χ1) is 14.4. The SMILES string of the molecule is COc1ccc(CCN(CC(C)c2ccc(Cl)cc2)C2(C)SCCCS2)cc1OC. The lowest BCUT2D eigenvalue weighted by Gasteiger charge is -2.44. The van der Waals surface area contributed by atoms with Crippen LogP contribution in [0.1, 0.15) is 37.3 Å². The van der Waals surface area contributed by atoms with Crippen LogP contribution in [0.5, 0.6) is 11.5 Å². The van der Waals surface area contributed by atoms with Crippen LogP contribution in [0, 0.1) is 0 Å². The first-order valence-corrected chi connectivity index (χ1v) is 12.8. The second-order valence-corrected chi connectivity index (χ2v) is 11.5. The Labute approximate surface area is 194 Å². The van der Waals surface area contributed by atoms with Gasteiger partial charge >= 0.3 is 0 Å². The van der Waals surface area contributed by atoms with E-state index in [0.717, 1.165) is 36.0 Å². The maximum absolute atomic E-state index is 6.09. The average molecular weight is 466 g/mol. The van der Waals surface area contributed by atoms with Gasteiger partial charge in [-0.15, -0.1) is 23.5 Å². The monoisotopic (exact) mass is 465 g/mol. The maximum Gasteiger partial charge on any atom is 0.160 e. The van der Waals surface area contributed by atoms with Gasteiger partial charge in [-0.2, -0.15) is 0 Å². The average Bonchev–Trinajstić information content (AvgIpc) is 2.77. The highest BCUT2D eigenvalue weighted by atomic mass is 35.5. The van der Waals surface area contributed by atoms with Gasteiger partial charge in [-0.25, -0.2) is 0 Å². The lowest BCUT2D eigenvalue weighted by molar-refractivity contribution is 0.236. The summed E-state index contributed by atoms with van der Waals surface area (Å²) in [4.78, 5) is 2.66. The molecule has 0 N–H and O–H groups in total. The van der Waals surface area contributed by atoms with Gasteiger partial charge in [0.2, 0.25) is 0 Å². The molecule has 6 heteroatoms. The van der Waals surface area contributed by atoms with Crippen molar-refractivity contribution in [3.8, 4) is 11.5 Å². The predicted molar refractivity (Wildman–Crippen MR) is 133 cm³/mol. The summed E-state index contributed by atoms with van der Waals surface area (Å²) in [5.41, 5.74) is 2.61. The number of thioether (sulfide) groups is 2. The molecule has 0 aromatic heterocycles. The maximum atomic E-state index is 6.09. The Morgan fingerprint density at radius 2 is 1.70 bits per heavy atom. The molecule has 1 heterocycles. The van der Waals surface area contributed by atoms with Gasteiger partial charge in [-0.3, -0.25) is 4.90 Å². The van der Waals surface area contributed by atoms with Crippen molar-refractivity contribution >= 4 is 35.1 Å². The second kappa shape index (κ2) is 11.0. The lowest BCUT2D eigenvalue weighted by atomic mass is 10.0. The zero-order valence-electron chi connectivity index (χ0n) is 18.3. The minimum atomic E-state index is 0.107. The van der Waals surface area contributed by atoms with Crippen molar-refractivity contribution in [1.29, 1.82) is 0 Å². The van der Waals surface area contributed by atoms with Crippen LogP contribution in [0.3, 0.4) is 0 Å². The van der Waals surface area contributed by atoms with Crippen molar-refractivity contribution < 1.29 is 9.47 Å². The molecule has 1 aliphatic rings. The highest BCUT2D eigenvalue weighted by Gasteiger charge is 2.35. The molecule has 2 aromatic carbocycles. The van der Waals surface area contributed by atoms with E-state index in [-0.39, 0.29) is 4.20 Å². The van der Waals surface area contributed by atoms with Gasteiger partial charge in [0.05, 0.1) is 14.2 Å². The first kappa shape index (κ1) is 23.6. The summed E-state index contributed by atoms with van der Waals surface area (Å²) in [6.45, 7) is 6.73. The number of hydrogen-bond donors (Lipinski definition) is 0. The number of benzene rings is 2. The van der Waals surface area contributed by atoms with E-state index >= 15 is 0 Å². The molecule has 0 amide bonds. The first-order valence-electron chi connectivity index (χ1n) is 10.4. The molecule has 0 spiro atoms. The molecule has 164 valence electrons. The molecule has 1 unspecified atom stereocenters. The number of rotatable bonds is 9. The number of methoxy groups -OCH3 is 2. The molecule has 1 aliphatic heterocycles. The predicted octanol–water partition coefficient (Wildman–Crippen LogP) is 6.55. The highest BCUT2D eigenvalue weighted by Crippen LogP contribution is 2.45. The summed E-state index contributed by atoms with van der Waals surface area (Å²) in [6, 6.07) is 14.5. The molecule has 1 fully saturated rings. The van der Waals surface area contributed by atoms with Gasteiger partial charge in [0, 0.05) is 18.1 Å². The van der Waals surface area contributed by atoms with Crippen molar-refractivity contribution in [3.05, 3.63) is 58.6 Å². The van der Waals surface area contributed by atoms with Gasteiger partial charge in [0.1, 0.15) is 4.20 Å². The van der Waals surface area contributed by atoms with E-state index in [1.165, 1.54) is 29.1 Å². The van der Waals surface area contributed by atoms with Crippen molar-refractivity contribution in [2.75, 3.05) is 38.8 Å². The molecule has 1 atom stereocenters. The Morgan fingerprint density at radius 3 is 2.33 bits per heavy atom. The van der Waals surface area contributed by atoms with E-state index in [9.17, 15) is 0 Å². The lowest BCUT2D eigenvalue weighted by Crippen LogP contribution is -2.46. The molecule has 3 rings (SSSR count). The normalized spacial score (nSPS) is 17.0. The molecule has 0 bridgehead atoms. The van der Waals surface area contributed by atoms with Crippen molar-refractivity contribution in [2.24, 2.45) is 0 Å². The van der Waals surface area contributed by atoms with Gasteiger partial charge in [0.15, 0.2) is 11.5 Å². The Bertz CT molecular complexity index is 809. The standard InChI is InChI=1S/C24H32ClNO2S2/c1-18(20-7-9-21(25)10-8-20)17-26(24(2)29-14-5-15-30-24)13-12-19-6-11-22(27-3)23(16-19)28-4/h6-11,16,18H,5,12-15,17H2,1-4H3. The fourth-order valence-corrected chi connectivity index (χ4v) is 6.97. The highest BCUT2D eigenvalue weighted by molar-refractivity contribution is 8.18. The van der Waals surface area contributed by atoms with Crippen molar-refractivity contribution in [3.63, 3.8) is 0 Å². The largest absolute Gasteiger partial charge is 0.493 e. The zero-order valence-corrected chi connectivity index (χ0v) is 20.7. The summed E-state index contributed by atoms with van der Waals surface area (Å²) < 4.78 is 11.0. The summed E-state index contributed by atoms with van der Waals surface area (Å²) in [7, 11) is 3.37. The van der Waals surface area contributed by atoms with E-state index < -0.39 is 0 Å². The fourth-order valence-electron chi connectivity index (χ4n) is 3.79. The summed E-state index contributed by atoms with van der Waals surface area (Å²) in [5, 5.41) is 0.793. The minimum Gasteiger partial charge on any atom is -0.493 e. The smallest absolute Gasteiger partial charge is 0.160 e. The van der Waals surface area contributed by atoms with Crippen LogP contribution in [0.15, 0.2) is 42.5 Å². The zero-order chi connectivity index (χ0) is 21.6. The molecule has 30 heavy (non-hydrogen) atoms.